The van der Waals surface area contributed by atoms with Crippen molar-refractivity contribution in [3.05, 3.63) is 35.9 Å². The molecule has 0 aliphatic carbocycles. The van der Waals surface area contributed by atoms with Crippen LogP contribution in [0.1, 0.15) is 25.0 Å². The Bertz CT molecular complexity index is 311. The number of halogens is 1. The number of alkyl halides is 1. The fraction of sp³-hybridized carbons (Fsp3) is 0.417. The lowest BCUT2D eigenvalue weighted by molar-refractivity contribution is -0.124. The van der Waals surface area contributed by atoms with Crippen LogP contribution in [0.3, 0.4) is 0 Å². The van der Waals surface area contributed by atoms with Gasteiger partial charge in [0.25, 0.3) is 0 Å². The summed E-state index contributed by atoms with van der Waals surface area (Å²) in [6, 6.07) is 9.36. The summed E-state index contributed by atoms with van der Waals surface area (Å²) in [5.41, 5.74) is 0.822. The molecule has 15 heavy (non-hydrogen) atoms. The molecule has 2 unspecified atom stereocenters. The lowest BCUT2D eigenvalue weighted by Crippen LogP contribution is -2.20. The Hall–Kier alpha value is -0.420. The van der Waals surface area contributed by atoms with Gasteiger partial charge in [-0.05, 0) is 18.9 Å². The molecule has 2 nitrogen and oxygen atoms in total. The number of hydrogen-bond acceptors (Lipinski definition) is 2. The third kappa shape index (κ3) is 3.57. The van der Waals surface area contributed by atoms with Crippen LogP contribution in [0.4, 0.5) is 0 Å². The van der Waals surface area contributed by atoms with Gasteiger partial charge in [-0.2, -0.15) is 0 Å². The Morgan fingerprint density at radius 2 is 2.00 bits per heavy atom. The average molecular weight is 318 g/mol. The van der Waals surface area contributed by atoms with Crippen molar-refractivity contribution in [3.63, 3.8) is 0 Å². The molecule has 1 N–H and O–H groups in total. The van der Waals surface area contributed by atoms with E-state index in [1.54, 1.807) is 6.92 Å². The number of Topliss-reactive ketones (excluding diaryl/α,β-unsaturated/α-hetero) is 1. The Morgan fingerprint density at radius 3 is 2.47 bits per heavy atom. The summed E-state index contributed by atoms with van der Waals surface area (Å²) in [6.07, 6.45) is 0.0600. The summed E-state index contributed by atoms with van der Waals surface area (Å²) in [6.45, 7) is 1.54. The third-order valence-electron chi connectivity index (χ3n) is 2.46. The standard InChI is InChI=1S/C12H15IO2/c1-9(14)11(7-8-13)12(15)10-5-3-2-4-6-10/h2-6,11-12,15H,7-8H2,1H3. The summed E-state index contributed by atoms with van der Waals surface area (Å²) in [5, 5.41) is 10.1. The number of carbonyl (C=O) groups excluding carboxylic acids is 1. The number of rotatable bonds is 5. The van der Waals surface area contributed by atoms with Crippen molar-refractivity contribution in [1.29, 1.82) is 0 Å². The first-order valence-electron chi connectivity index (χ1n) is 4.96. The van der Waals surface area contributed by atoms with Crippen molar-refractivity contribution in [1.82, 2.24) is 0 Å². The first kappa shape index (κ1) is 12.6. The Morgan fingerprint density at radius 1 is 1.40 bits per heavy atom. The molecule has 0 bridgehead atoms. The lowest BCUT2D eigenvalue weighted by atomic mass is 9.90. The fourth-order valence-corrected chi connectivity index (χ4v) is 2.25. The molecule has 0 heterocycles. The molecule has 2 atom stereocenters. The number of carbonyl (C=O) groups is 1. The van der Waals surface area contributed by atoms with Crippen LogP contribution in [0.5, 0.6) is 0 Å². The molecule has 0 aliphatic rings. The highest BCUT2D eigenvalue weighted by Crippen LogP contribution is 2.25. The molecule has 0 saturated carbocycles. The molecule has 82 valence electrons. The van der Waals surface area contributed by atoms with E-state index in [0.29, 0.717) is 0 Å². The van der Waals surface area contributed by atoms with Gasteiger partial charge in [0, 0.05) is 10.3 Å². The van der Waals surface area contributed by atoms with Crippen LogP contribution in [-0.2, 0) is 4.79 Å². The highest BCUT2D eigenvalue weighted by Gasteiger charge is 2.23. The maximum atomic E-state index is 11.4. The van der Waals surface area contributed by atoms with Crippen molar-refractivity contribution >= 4 is 28.4 Å². The van der Waals surface area contributed by atoms with E-state index in [-0.39, 0.29) is 11.7 Å². The first-order chi connectivity index (χ1) is 7.16. The van der Waals surface area contributed by atoms with Crippen LogP contribution < -0.4 is 0 Å². The predicted octanol–water partition coefficient (Wildman–Crippen LogP) is 2.75. The van der Waals surface area contributed by atoms with Crippen LogP contribution in [0, 0.1) is 5.92 Å². The van der Waals surface area contributed by atoms with Crippen molar-refractivity contribution in [2.24, 2.45) is 5.92 Å². The quantitative estimate of drug-likeness (QED) is 0.669. The molecule has 0 amide bonds. The summed E-state index contributed by atoms with van der Waals surface area (Å²) in [4.78, 5) is 11.4. The molecule has 1 rings (SSSR count). The smallest absolute Gasteiger partial charge is 0.135 e. The fourth-order valence-electron chi connectivity index (χ4n) is 1.58. The summed E-state index contributed by atoms with van der Waals surface area (Å²) < 4.78 is 0.881. The Labute approximate surface area is 104 Å². The second-order valence-electron chi connectivity index (χ2n) is 3.55. The molecule has 0 spiro atoms. The minimum Gasteiger partial charge on any atom is -0.388 e. The molecule has 0 aliphatic heterocycles. The zero-order valence-corrected chi connectivity index (χ0v) is 10.8. The zero-order chi connectivity index (χ0) is 11.3. The minimum absolute atomic E-state index is 0.0584. The molecular weight excluding hydrogens is 303 g/mol. The molecule has 0 saturated heterocycles. The minimum atomic E-state index is -0.668. The SMILES string of the molecule is CC(=O)C(CCI)C(O)c1ccccc1. The highest BCUT2D eigenvalue weighted by atomic mass is 127. The van der Waals surface area contributed by atoms with Crippen LogP contribution in [0.15, 0.2) is 30.3 Å². The van der Waals surface area contributed by atoms with Crippen molar-refractivity contribution < 1.29 is 9.90 Å². The number of ketones is 1. The van der Waals surface area contributed by atoms with Gasteiger partial charge < -0.3 is 5.11 Å². The normalized spacial score (nSPS) is 14.6. The van der Waals surface area contributed by atoms with Gasteiger partial charge in [0.15, 0.2) is 0 Å². The number of aliphatic hydroxyl groups excluding tert-OH is 1. The lowest BCUT2D eigenvalue weighted by Gasteiger charge is -2.19. The second kappa shape index (κ2) is 6.23. The van der Waals surface area contributed by atoms with Crippen LogP contribution in [0.2, 0.25) is 0 Å². The van der Waals surface area contributed by atoms with E-state index < -0.39 is 6.10 Å². The highest BCUT2D eigenvalue weighted by molar-refractivity contribution is 14.1. The largest absolute Gasteiger partial charge is 0.388 e. The predicted molar refractivity (Wildman–Crippen MR) is 69.1 cm³/mol. The Kier molecular flexibility index (Phi) is 5.25. The Balaban J connectivity index is 2.81. The van der Waals surface area contributed by atoms with Gasteiger partial charge in [0.05, 0.1) is 6.10 Å². The maximum Gasteiger partial charge on any atom is 0.135 e. The van der Waals surface area contributed by atoms with Crippen molar-refractivity contribution in [3.8, 4) is 0 Å². The van der Waals surface area contributed by atoms with Crippen molar-refractivity contribution in [2.75, 3.05) is 4.43 Å². The molecule has 0 aromatic heterocycles. The van der Waals surface area contributed by atoms with Gasteiger partial charge in [-0.1, -0.05) is 52.9 Å². The van der Waals surface area contributed by atoms with Gasteiger partial charge in [-0.3, -0.25) is 4.79 Å². The second-order valence-corrected chi connectivity index (χ2v) is 4.63. The molecule has 1 aromatic rings. The third-order valence-corrected chi connectivity index (χ3v) is 3.09. The van der Waals surface area contributed by atoms with Gasteiger partial charge in [-0.15, -0.1) is 0 Å². The molecule has 0 fully saturated rings. The average Bonchev–Trinajstić information content (AvgIpc) is 2.26. The van der Waals surface area contributed by atoms with E-state index >= 15 is 0 Å². The molecule has 0 radical (unpaired) electrons. The van der Waals surface area contributed by atoms with Crippen LogP contribution >= 0.6 is 22.6 Å². The summed E-state index contributed by atoms with van der Waals surface area (Å²) >= 11 is 2.23. The monoisotopic (exact) mass is 318 g/mol. The van der Waals surface area contributed by atoms with E-state index in [1.807, 2.05) is 30.3 Å². The van der Waals surface area contributed by atoms with E-state index in [4.69, 9.17) is 0 Å². The van der Waals surface area contributed by atoms with Crippen LogP contribution in [0.25, 0.3) is 0 Å². The summed E-state index contributed by atoms with van der Waals surface area (Å²) in [5.74, 6) is -0.215. The number of hydrogen-bond donors (Lipinski definition) is 1. The van der Waals surface area contributed by atoms with E-state index in [2.05, 4.69) is 22.6 Å². The molecular formula is C12H15IO2. The van der Waals surface area contributed by atoms with E-state index in [0.717, 1.165) is 16.4 Å². The van der Waals surface area contributed by atoms with Gasteiger partial charge >= 0.3 is 0 Å². The van der Waals surface area contributed by atoms with Crippen LogP contribution in [-0.4, -0.2) is 15.3 Å². The van der Waals surface area contributed by atoms with E-state index in [9.17, 15) is 9.90 Å². The van der Waals surface area contributed by atoms with Gasteiger partial charge in [-0.25, -0.2) is 0 Å². The topological polar surface area (TPSA) is 37.3 Å². The number of aliphatic hydroxyl groups is 1. The van der Waals surface area contributed by atoms with E-state index in [1.165, 1.54) is 0 Å². The zero-order valence-electron chi connectivity index (χ0n) is 8.69. The van der Waals surface area contributed by atoms with Crippen molar-refractivity contribution in [2.45, 2.75) is 19.4 Å². The molecule has 3 heteroatoms. The summed E-state index contributed by atoms with van der Waals surface area (Å²) in [7, 11) is 0. The van der Waals surface area contributed by atoms with Gasteiger partial charge in [0.2, 0.25) is 0 Å². The first-order valence-corrected chi connectivity index (χ1v) is 6.48. The molecule has 1 aromatic carbocycles. The van der Waals surface area contributed by atoms with Gasteiger partial charge in [0.1, 0.15) is 5.78 Å². The maximum absolute atomic E-state index is 11.4. The number of benzene rings is 1.